The molecule has 24 heteroatoms. The van der Waals surface area contributed by atoms with Crippen LogP contribution < -0.4 is 26.6 Å². The van der Waals surface area contributed by atoms with Crippen LogP contribution in [0.15, 0.2) is 21.4 Å². The summed E-state index contributed by atoms with van der Waals surface area (Å²) in [4.78, 5) is 98.3. The number of anilines is 1. The number of carboxylic acid groups (broad SMARTS) is 1. The van der Waals surface area contributed by atoms with Gasteiger partial charge < -0.3 is 31.1 Å². The zero-order valence-corrected chi connectivity index (χ0v) is 26.1. The average Bonchev–Trinajstić information content (AvgIpc) is 3.57. The summed E-state index contributed by atoms with van der Waals surface area (Å²) in [5, 5.41) is 26.6. The van der Waals surface area contributed by atoms with Crippen molar-refractivity contribution in [3.05, 3.63) is 38.8 Å². The van der Waals surface area contributed by atoms with Crippen molar-refractivity contribution in [1.29, 1.82) is 0 Å². The van der Waals surface area contributed by atoms with Gasteiger partial charge in [0.2, 0.25) is 11.0 Å². The topological polar surface area (TPSA) is 316 Å². The molecule has 47 heavy (non-hydrogen) atoms. The standard InChI is InChI=1S/C23H26N10O12S2/c1-9-15(35)13(34)6-10(25-9)16(36)28-32-4-5-33(22(32)42)47(43,44)30-21(41)31-7-11(18(31)38)26-17(37)14(12-8-46-20(24)27-12)29-45-23(2,3)19(39)40/h6,8,11,35H,4-5,7H2,1-3H3,(H2,24,27)(H,25,34)(H,26,37)(H,28,36)(H,30,41)(H,39,40)/b29-14-. The Labute approximate surface area is 267 Å². The van der Waals surface area contributed by atoms with Crippen LogP contribution in [-0.2, 0) is 29.4 Å². The minimum atomic E-state index is -4.90. The second kappa shape index (κ2) is 12.5. The quantitative estimate of drug-likeness (QED) is 0.0759. The van der Waals surface area contributed by atoms with Crippen molar-refractivity contribution >= 4 is 68.1 Å². The number of carbonyl (C=O) groups excluding carboxylic acids is 5. The van der Waals surface area contributed by atoms with E-state index in [1.807, 2.05) is 0 Å². The summed E-state index contributed by atoms with van der Waals surface area (Å²) in [6.45, 7) is 2.24. The summed E-state index contributed by atoms with van der Waals surface area (Å²) in [6.07, 6.45) is 0. The molecule has 2 fully saturated rings. The molecule has 2 aliphatic rings. The molecular formula is C23H26N10O12S2. The zero-order valence-electron chi connectivity index (χ0n) is 24.5. The molecule has 0 aliphatic carbocycles. The normalized spacial score (nSPS) is 16.9. The Morgan fingerprint density at radius 3 is 2.47 bits per heavy atom. The number of amides is 7. The van der Waals surface area contributed by atoms with Gasteiger partial charge in [0, 0.05) is 11.4 Å². The number of oxime groups is 1. The molecule has 0 spiro atoms. The Morgan fingerprint density at radius 1 is 1.21 bits per heavy atom. The minimum absolute atomic E-state index is 0.0308. The molecule has 0 bridgehead atoms. The van der Waals surface area contributed by atoms with Crippen LogP contribution in [0, 0.1) is 6.92 Å². The Bertz CT molecular complexity index is 1890. The maximum absolute atomic E-state index is 12.9. The zero-order chi connectivity index (χ0) is 35.0. The fourth-order valence-electron chi connectivity index (χ4n) is 3.79. The number of nitrogens with zero attached hydrogens (tertiary/aromatic N) is 5. The number of likely N-dealkylation sites (tertiary alicyclic amines) is 1. The number of aryl methyl sites for hydroxylation is 1. The number of aromatic amines is 1. The molecule has 1 atom stereocenters. The van der Waals surface area contributed by atoms with Gasteiger partial charge in [-0.2, -0.15) is 8.42 Å². The van der Waals surface area contributed by atoms with Gasteiger partial charge >= 0.3 is 28.2 Å². The predicted octanol–water partition coefficient (Wildman–Crippen LogP) is -2.62. The lowest BCUT2D eigenvalue weighted by atomic mass is 10.1. The molecule has 2 saturated heterocycles. The summed E-state index contributed by atoms with van der Waals surface area (Å²) >= 11 is 0.929. The first-order chi connectivity index (χ1) is 21.8. The number of imide groups is 1. The SMILES string of the molecule is Cc1[nH]c(C(=O)NN2CCN(S(=O)(=O)NC(=O)N3CC(NC(=O)/C(=N\OC(C)(C)C(=O)O)c4csc(N)n4)C3=O)C2=O)cc(=O)c1O. The van der Waals surface area contributed by atoms with Crippen molar-refractivity contribution in [2.45, 2.75) is 32.4 Å². The van der Waals surface area contributed by atoms with Gasteiger partial charge in [-0.1, -0.05) is 5.16 Å². The van der Waals surface area contributed by atoms with Crippen molar-refractivity contribution in [1.82, 2.24) is 39.6 Å². The molecule has 2 aromatic heterocycles. The number of aliphatic carboxylic acids is 1. The molecule has 2 aliphatic heterocycles. The number of carboxylic acids is 1. The summed E-state index contributed by atoms with van der Waals surface area (Å²) in [6, 6.07) is -3.32. The molecule has 2 aromatic rings. The number of carbonyl (C=O) groups is 6. The highest BCUT2D eigenvalue weighted by Gasteiger charge is 2.46. The molecule has 4 heterocycles. The summed E-state index contributed by atoms with van der Waals surface area (Å²) in [5.41, 5.74) is 3.96. The maximum atomic E-state index is 12.9. The van der Waals surface area contributed by atoms with Crippen LogP contribution in [0.1, 0.15) is 35.7 Å². The van der Waals surface area contributed by atoms with E-state index in [0.29, 0.717) is 9.91 Å². The third kappa shape index (κ3) is 7.06. The van der Waals surface area contributed by atoms with Gasteiger partial charge in [0.15, 0.2) is 16.6 Å². The van der Waals surface area contributed by atoms with E-state index in [1.165, 1.54) is 12.3 Å². The Hall–Kier alpha value is -5.78. The number of pyridine rings is 1. The average molecular weight is 699 g/mol. The molecule has 252 valence electrons. The first-order valence-electron chi connectivity index (χ1n) is 13.1. The molecule has 8 N–H and O–H groups in total. The molecule has 22 nitrogen and oxygen atoms in total. The lowest BCUT2D eigenvalue weighted by Gasteiger charge is -2.36. The van der Waals surface area contributed by atoms with Crippen LogP contribution in [0.25, 0.3) is 0 Å². The van der Waals surface area contributed by atoms with Crippen LogP contribution in [0.2, 0.25) is 0 Å². The van der Waals surface area contributed by atoms with Crippen molar-refractivity contribution in [3.8, 4) is 5.75 Å². The van der Waals surface area contributed by atoms with E-state index >= 15 is 0 Å². The molecule has 0 aromatic carbocycles. The predicted molar refractivity (Wildman–Crippen MR) is 157 cm³/mol. The Morgan fingerprint density at radius 2 is 1.89 bits per heavy atom. The monoisotopic (exact) mass is 698 g/mol. The molecule has 1 unspecified atom stereocenters. The highest BCUT2D eigenvalue weighted by Crippen LogP contribution is 2.18. The number of hydrogen-bond donors (Lipinski definition) is 7. The lowest BCUT2D eigenvalue weighted by Crippen LogP contribution is -2.68. The highest BCUT2D eigenvalue weighted by molar-refractivity contribution is 7.88. The van der Waals surface area contributed by atoms with Crippen molar-refractivity contribution in [2.75, 3.05) is 25.4 Å². The molecule has 0 radical (unpaired) electrons. The number of hydrogen-bond acceptors (Lipinski definition) is 15. The van der Waals surface area contributed by atoms with Crippen molar-refractivity contribution in [3.63, 3.8) is 0 Å². The van der Waals surface area contributed by atoms with Crippen molar-refractivity contribution < 1.29 is 52.2 Å². The number of thiazole rings is 1. The number of rotatable bonds is 10. The van der Waals surface area contributed by atoms with Gasteiger partial charge in [-0.3, -0.25) is 29.5 Å². The molecular weight excluding hydrogens is 672 g/mol. The van der Waals surface area contributed by atoms with Gasteiger partial charge in [0.1, 0.15) is 17.4 Å². The number of urea groups is 2. The Balaban J connectivity index is 1.36. The number of nitrogen functional groups attached to an aromatic ring is 1. The smallest absolute Gasteiger partial charge is 0.353 e. The maximum Gasteiger partial charge on any atom is 0.353 e. The van der Waals surface area contributed by atoms with Gasteiger partial charge in [-0.25, -0.2) is 33.4 Å². The first kappa shape index (κ1) is 34.1. The number of nitrogens with one attached hydrogen (secondary N) is 4. The van der Waals surface area contributed by atoms with E-state index in [0.717, 1.165) is 31.3 Å². The lowest BCUT2D eigenvalue weighted by molar-refractivity contribution is -0.161. The van der Waals surface area contributed by atoms with E-state index < -0.39 is 87.6 Å². The number of nitrogens with two attached hydrogens (primary N) is 1. The van der Waals surface area contributed by atoms with Gasteiger partial charge in [-0.15, -0.1) is 11.3 Å². The molecule has 0 saturated carbocycles. The van der Waals surface area contributed by atoms with Crippen molar-refractivity contribution in [2.24, 2.45) is 5.16 Å². The largest absolute Gasteiger partial charge is 0.503 e. The van der Waals surface area contributed by atoms with Crippen LogP contribution in [0.3, 0.4) is 0 Å². The van der Waals surface area contributed by atoms with Gasteiger partial charge in [0.05, 0.1) is 25.3 Å². The van der Waals surface area contributed by atoms with E-state index in [1.54, 1.807) is 4.72 Å². The van der Waals surface area contributed by atoms with Gasteiger partial charge in [-0.05, 0) is 20.8 Å². The third-order valence-corrected chi connectivity index (χ3v) is 8.51. The number of hydrazine groups is 1. The first-order valence-corrected chi connectivity index (χ1v) is 15.4. The van der Waals surface area contributed by atoms with E-state index in [2.05, 4.69) is 25.9 Å². The van der Waals surface area contributed by atoms with Crippen LogP contribution >= 0.6 is 11.3 Å². The number of aromatic nitrogens is 2. The molecule has 7 amide bonds. The van der Waals surface area contributed by atoms with E-state index in [4.69, 9.17) is 10.6 Å². The fourth-order valence-corrected chi connectivity index (χ4v) is 5.41. The highest BCUT2D eigenvalue weighted by atomic mass is 32.2. The third-order valence-electron chi connectivity index (χ3n) is 6.48. The Kier molecular flexibility index (Phi) is 9.10. The summed E-state index contributed by atoms with van der Waals surface area (Å²) < 4.78 is 27.4. The second-order valence-electron chi connectivity index (χ2n) is 10.3. The minimum Gasteiger partial charge on any atom is -0.503 e. The summed E-state index contributed by atoms with van der Waals surface area (Å²) in [7, 11) is -4.90. The fraction of sp³-hybridized carbons (Fsp3) is 0.348. The van der Waals surface area contributed by atoms with Crippen LogP contribution in [0.5, 0.6) is 5.75 Å². The second-order valence-corrected chi connectivity index (χ2v) is 12.8. The molecule has 4 rings (SSSR count). The summed E-state index contributed by atoms with van der Waals surface area (Å²) in [5.74, 6) is -5.13. The van der Waals surface area contributed by atoms with Crippen LogP contribution in [0.4, 0.5) is 14.7 Å². The number of aromatic hydroxyl groups is 1. The van der Waals surface area contributed by atoms with Crippen LogP contribution in [-0.4, -0.2) is 116 Å². The van der Waals surface area contributed by atoms with E-state index in [-0.39, 0.29) is 33.1 Å². The number of β-lactam (4-membered cyclic amide) rings is 1. The van der Waals surface area contributed by atoms with E-state index in [9.17, 15) is 52.2 Å². The number of H-pyrrole nitrogens is 1. The van der Waals surface area contributed by atoms with Gasteiger partial charge in [0.25, 0.3) is 17.7 Å².